The summed E-state index contributed by atoms with van der Waals surface area (Å²) in [7, 11) is 0. The highest BCUT2D eigenvalue weighted by molar-refractivity contribution is 8.00. The van der Waals surface area contributed by atoms with Crippen molar-refractivity contribution in [2.75, 3.05) is 0 Å². The van der Waals surface area contributed by atoms with Gasteiger partial charge in [-0.05, 0) is 24.1 Å². The van der Waals surface area contributed by atoms with Crippen molar-refractivity contribution in [2.24, 2.45) is 0 Å². The molecule has 0 aliphatic heterocycles. The van der Waals surface area contributed by atoms with Crippen LogP contribution < -0.4 is 0 Å². The molecule has 0 aliphatic carbocycles. The molecule has 1 atom stereocenters. The largest absolute Gasteiger partial charge is 0.480 e. The number of carboxylic acid groups (broad SMARTS) is 1. The predicted octanol–water partition coefficient (Wildman–Crippen LogP) is 4.76. The van der Waals surface area contributed by atoms with Gasteiger partial charge < -0.3 is 5.11 Å². The van der Waals surface area contributed by atoms with Crippen LogP contribution in [0.2, 0.25) is 0 Å². The first-order valence-electron chi connectivity index (χ1n) is 8.06. The molecule has 0 fully saturated rings. The molecular formula is C20H18N2O2S. The van der Waals surface area contributed by atoms with Gasteiger partial charge in [-0.1, -0.05) is 73.3 Å². The molecule has 0 bridgehead atoms. The summed E-state index contributed by atoms with van der Waals surface area (Å²) < 4.78 is 0. The lowest BCUT2D eigenvalue weighted by atomic mass is 10.2. The Labute approximate surface area is 150 Å². The lowest BCUT2D eigenvalue weighted by Crippen LogP contribution is -2.15. The van der Waals surface area contributed by atoms with Crippen LogP contribution in [0.25, 0.3) is 23.1 Å². The average molecular weight is 350 g/mol. The van der Waals surface area contributed by atoms with E-state index in [1.165, 1.54) is 11.8 Å². The third-order valence-electron chi connectivity index (χ3n) is 3.71. The van der Waals surface area contributed by atoms with Crippen LogP contribution in [0.15, 0.2) is 59.6 Å². The van der Waals surface area contributed by atoms with E-state index in [9.17, 15) is 9.90 Å². The molecule has 1 aromatic heterocycles. The highest BCUT2D eigenvalue weighted by Gasteiger charge is 2.19. The zero-order valence-electron chi connectivity index (χ0n) is 13.8. The minimum atomic E-state index is -0.823. The minimum Gasteiger partial charge on any atom is -0.480 e. The molecule has 0 amide bonds. The Balaban J connectivity index is 2.00. The third-order valence-corrected chi connectivity index (χ3v) is 5.06. The van der Waals surface area contributed by atoms with Gasteiger partial charge in [-0.2, -0.15) is 0 Å². The third kappa shape index (κ3) is 4.25. The monoisotopic (exact) mass is 350 g/mol. The quantitative estimate of drug-likeness (QED) is 0.513. The maximum Gasteiger partial charge on any atom is 0.317 e. The number of nitrogens with zero attached hydrogens (tertiary/aromatic N) is 2. The fraction of sp³-hybridized carbons (Fsp3) is 0.150. The van der Waals surface area contributed by atoms with E-state index in [0.29, 0.717) is 17.3 Å². The van der Waals surface area contributed by atoms with Crippen molar-refractivity contribution in [1.29, 1.82) is 0 Å². The zero-order chi connectivity index (χ0) is 17.6. The summed E-state index contributed by atoms with van der Waals surface area (Å²) in [5, 5.41) is 10.4. The van der Waals surface area contributed by atoms with Crippen molar-refractivity contribution >= 4 is 40.8 Å². The number of thioether (sulfide) groups is 1. The molecule has 0 saturated carbocycles. The summed E-state index contributed by atoms with van der Waals surface area (Å²) in [6.07, 6.45) is 4.34. The summed E-state index contributed by atoms with van der Waals surface area (Å²) in [6, 6.07) is 17.6. The Morgan fingerprint density at radius 1 is 1.08 bits per heavy atom. The molecule has 1 heterocycles. The van der Waals surface area contributed by atoms with E-state index in [0.717, 1.165) is 16.5 Å². The van der Waals surface area contributed by atoms with Gasteiger partial charge in [-0.25, -0.2) is 9.97 Å². The average Bonchev–Trinajstić information content (AvgIpc) is 2.64. The second-order valence-corrected chi connectivity index (χ2v) is 6.69. The second-order valence-electron chi connectivity index (χ2n) is 5.50. The second kappa shape index (κ2) is 7.94. The molecule has 0 saturated heterocycles. The van der Waals surface area contributed by atoms with Gasteiger partial charge >= 0.3 is 5.97 Å². The number of para-hydroxylation sites is 1. The fourth-order valence-electron chi connectivity index (χ4n) is 2.41. The summed E-state index contributed by atoms with van der Waals surface area (Å²) in [6.45, 7) is 1.87. The molecule has 0 aliphatic rings. The first-order valence-corrected chi connectivity index (χ1v) is 8.94. The number of aromatic nitrogens is 2. The minimum absolute atomic E-state index is 0.524. The number of hydrogen-bond donors (Lipinski definition) is 1. The molecule has 1 unspecified atom stereocenters. The molecule has 3 aromatic rings. The molecule has 1 N–H and O–H groups in total. The van der Waals surface area contributed by atoms with Crippen LogP contribution in [0.3, 0.4) is 0 Å². The van der Waals surface area contributed by atoms with Crippen molar-refractivity contribution in [3.8, 4) is 0 Å². The summed E-state index contributed by atoms with van der Waals surface area (Å²) in [5.74, 6) is -0.248. The molecule has 126 valence electrons. The van der Waals surface area contributed by atoms with E-state index in [-0.39, 0.29) is 0 Å². The standard InChI is InChI=1S/C20H18N2O2S/c1-2-17(20(23)24)25-19-15-10-6-7-11-16(15)21-18(22-19)13-12-14-8-4-3-5-9-14/h3-13,17H,2H2,1H3,(H,23,24)/b13-12+. The normalized spacial score (nSPS) is 12.5. The van der Waals surface area contributed by atoms with E-state index < -0.39 is 11.2 Å². The van der Waals surface area contributed by atoms with Crippen LogP contribution in [-0.4, -0.2) is 26.3 Å². The number of rotatable bonds is 6. The Kier molecular flexibility index (Phi) is 5.46. The Hall–Kier alpha value is -2.66. The van der Waals surface area contributed by atoms with E-state index in [2.05, 4.69) is 9.97 Å². The first kappa shape index (κ1) is 17.2. The van der Waals surface area contributed by atoms with Gasteiger partial charge in [0.15, 0.2) is 5.82 Å². The molecule has 0 spiro atoms. The van der Waals surface area contributed by atoms with Crippen LogP contribution in [0.5, 0.6) is 0 Å². The molecule has 3 rings (SSSR count). The van der Waals surface area contributed by atoms with E-state index in [4.69, 9.17) is 0 Å². The van der Waals surface area contributed by atoms with Gasteiger partial charge in [-0.3, -0.25) is 4.79 Å². The van der Waals surface area contributed by atoms with Crippen molar-refractivity contribution in [1.82, 2.24) is 9.97 Å². The summed E-state index contributed by atoms with van der Waals surface area (Å²) in [5.41, 5.74) is 1.87. The smallest absolute Gasteiger partial charge is 0.317 e. The van der Waals surface area contributed by atoms with Crippen molar-refractivity contribution < 1.29 is 9.90 Å². The van der Waals surface area contributed by atoms with Crippen molar-refractivity contribution in [3.05, 3.63) is 66.0 Å². The summed E-state index contributed by atoms with van der Waals surface area (Å²) >= 11 is 1.28. The SMILES string of the molecule is CCC(Sc1nc(/C=C/c2ccccc2)nc2ccccc12)C(=O)O. The predicted molar refractivity (Wildman–Crippen MR) is 102 cm³/mol. The molecule has 4 nitrogen and oxygen atoms in total. The van der Waals surface area contributed by atoms with E-state index in [1.54, 1.807) is 0 Å². The topological polar surface area (TPSA) is 63.1 Å². The van der Waals surface area contributed by atoms with Crippen LogP contribution in [0.4, 0.5) is 0 Å². The van der Waals surface area contributed by atoms with Gasteiger partial charge in [0.25, 0.3) is 0 Å². The Morgan fingerprint density at radius 3 is 2.52 bits per heavy atom. The van der Waals surface area contributed by atoms with Crippen molar-refractivity contribution in [2.45, 2.75) is 23.6 Å². The van der Waals surface area contributed by atoms with Gasteiger partial charge in [0.2, 0.25) is 0 Å². The lowest BCUT2D eigenvalue weighted by molar-refractivity contribution is -0.136. The molecule has 5 heteroatoms. The van der Waals surface area contributed by atoms with Crippen LogP contribution in [-0.2, 0) is 4.79 Å². The number of carbonyl (C=O) groups is 1. The molecule has 0 radical (unpaired) electrons. The summed E-state index contributed by atoms with van der Waals surface area (Å²) in [4.78, 5) is 20.5. The van der Waals surface area contributed by atoms with Crippen molar-refractivity contribution in [3.63, 3.8) is 0 Å². The number of fused-ring (bicyclic) bond motifs is 1. The van der Waals surface area contributed by atoms with E-state index >= 15 is 0 Å². The van der Waals surface area contributed by atoms with Crippen LogP contribution >= 0.6 is 11.8 Å². The number of hydrogen-bond acceptors (Lipinski definition) is 4. The molecule has 25 heavy (non-hydrogen) atoms. The van der Waals surface area contributed by atoms with Crippen LogP contribution in [0.1, 0.15) is 24.7 Å². The Bertz CT molecular complexity index is 910. The fourth-order valence-corrected chi connectivity index (χ4v) is 3.39. The molecule has 2 aromatic carbocycles. The van der Waals surface area contributed by atoms with Gasteiger partial charge in [-0.15, -0.1) is 0 Å². The Morgan fingerprint density at radius 2 is 1.80 bits per heavy atom. The number of benzene rings is 2. The lowest BCUT2D eigenvalue weighted by Gasteiger charge is -2.11. The zero-order valence-corrected chi connectivity index (χ0v) is 14.6. The first-order chi connectivity index (χ1) is 12.2. The van der Waals surface area contributed by atoms with Gasteiger partial charge in [0.1, 0.15) is 10.3 Å². The number of aliphatic carboxylic acids is 1. The highest BCUT2D eigenvalue weighted by Crippen LogP contribution is 2.30. The number of carboxylic acids is 1. The van der Waals surface area contributed by atoms with Gasteiger partial charge in [0, 0.05) is 5.39 Å². The molecular weight excluding hydrogens is 332 g/mol. The van der Waals surface area contributed by atoms with E-state index in [1.807, 2.05) is 73.7 Å². The maximum atomic E-state index is 11.4. The highest BCUT2D eigenvalue weighted by atomic mass is 32.2. The van der Waals surface area contributed by atoms with Crippen LogP contribution in [0, 0.1) is 0 Å². The van der Waals surface area contributed by atoms with Gasteiger partial charge in [0.05, 0.1) is 5.52 Å². The maximum absolute atomic E-state index is 11.4.